The molecule has 0 saturated carbocycles. The quantitative estimate of drug-likeness (QED) is 0.876. The van der Waals surface area contributed by atoms with E-state index in [0.717, 1.165) is 16.9 Å². The second kappa shape index (κ2) is 6.10. The third-order valence-electron chi connectivity index (χ3n) is 3.07. The van der Waals surface area contributed by atoms with Crippen LogP contribution in [0.5, 0.6) is 5.75 Å². The van der Waals surface area contributed by atoms with Crippen LogP contribution in [0, 0.1) is 6.92 Å². The predicted octanol–water partition coefficient (Wildman–Crippen LogP) is 3.31. The lowest BCUT2D eigenvalue weighted by atomic mass is 10.1. The van der Waals surface area contributed by atoms with Crippen LogP contribution >= 0.6 is 0 Å². The van der Waals surface area contributed by atoms with Gasteiger partial charge in [-0.25, -0.2) is 4.79 Å². The first-order valence-corrected chi connectivity index (χ1v) is 6.31. The molecule has 0 spiro atoms. The maximum atomic E-state index is 11.2. The Morgan fingerprint density at radius 2 is 2.00 bits per heavy atom. The molecule has 0 saturated heterocycles. The molecule has 2 aromatic carbocycles. The van der Waals surface area contributed by atoms with Crippen LogP contribution in [-0.4, -0.2) is 18.2 Å². The van der Waals surface area contributed by atoms with E-state index in [1.807, 2.05) is 37.3 Å². The predicted molar refractivity (Wildman–Crippen MR) is 78.5 cm³/mol. The van der Waals surface area contributed by atoms with Gasteiger partial charge in [-0.15, -0.1) is 0 Å². The summed E-state index contributed by atoms with van der Waals surface area (Å²) in [5.41, 5.74) is 2.78. The van der Waals surface area contributed by atoms with Crippen molar-refractivity contribution in [1.29, 1.82) is 0 Å². The van der Waals surface area contributed by atoms with Gasteiger partial charge in [0.25, 0.3) is 0 Å². The van der Waals surface area contributed by atoms with Crippen LogP contribution < -0.4 is 10.1 Å². The number of carbonyl (C=O) groups is 1. The van der Waals surface area contributed by atoms with Gasteiger partial charge in [0.2, 0.25) is 0 Å². The lowest BCUT2D eigenvalue weighted by Crippen LogP contribution is -2.07. The van der Waals surface area contributed by atoms with Crippen LogP contribution in [-0.2, 0) is 6.54 Å². The average Bonchev–Trinajstić information content (AvgIpc) is 2.46. The summed E-state index contributed by atoms with van der Waals surface area (Å²) in [6.07, 6.45) is 0. The number of benzene rings is 2. The van der Waals surface area contributed by atoms with Crippen molar-refractivity contribution in [2.75, 3.05) is 12.4 Å². The lowest BCUT2D eigenvalue weighted by molar-refractivity contribution is 0.0698. The maximum absolute atomic E-state index is 11.2. The Morgan fingerprint density at radius 1 is 1.25 bits per heavy atom. The smallest absolute Gasteiger partial charge is 0.337 e. The minimum Gasteiger partial charge on any atom is -0.496 e. The van der Waals surface area contributed by atoms with Gasteiger partial charge in [0.05, 0.1) is 12.7 Å². The summed E-state index contributed by atoms with van der Waals surface area (Å²) in [7, 11) is 1.62. The molecule has 20 heavy (non-hydrogen) atoms. The van der Waals surface area contributed by atoms with Gasteiger partial charge in [0.1, 0.15) is 5.75 Å². The van der Waals surface area contributed by atoms with Crippen LogP contribution in [0.15, 0.2) is 42.5 Å². The standard InChI is InChI=1S/C16H17NO3/c1-11-7-8-14(13(9-11)16(18)19)17-10-12-5-3-4-6-15(12)20-2/h3-9,17H,10H2,1-2H3,(H,18,19). The van der Waals surface area contributed by atoms with Crippen LogP contribution in [0.4, 0.5) is 5.69 Å². The van der Waals surface area contributed by atoms with Gasteiger partial charge in [0.15, 0.2) is 0 Å². The molecule has 0 bridgehead atoms. The molecule has 0 aliphatic carbocycles. The Morgan fingerprint density at radius 3 is 2.70 bits per heavy atom. The molecule has 2 N–H and O–H groups in total. The van der Waals surface area contributed by atoms with Crippen molar-refractivity contribution < 1.29 is 14.6 Å². The van der Waals surface area contributed by atoms with Crippen molar-refractivity contribution in [2.24, 2.45) is 0 Å². The monoisotopic (exact) mass is 271 g/mol. The van der Waals surface area contributed by atoms with E-state index in [2.05, 4.69) is 5.32 Å². The molecule has 4 nitrogen and oxygen atoms in total. The number of anilines is 1. The maximum Gasteiger partial charge on any atom is 0.337 e. The fourth-order valence-corrected chi connectivity index (χ4v) is 2.03. The topological polar surface area (TPSA) is 58.6 Å². The highest BCUT2D eigenvalue weighted by molar-refractivity contribution is 5.94. The summed E-state index contributed by atoms with van der Waals surface area (Å²) in [4.78, 5) is 11.2. The van der Waals surface area contributed by atoms with E-state index in [0.29, 0.717) is 12.2 Å². The minimum atomic E-state index is -0.934. The number of carboxylic acid groups (broad SMARTS) is 1. The number of hydrogen-bond acceptors (Lipinski definition) is 3. The molecule has 0 heterocycles. The highest BCUT2D eigenvalue weighted by Gasteiger charge is 2.10. The fourth-order valence-electron chi connectivity index (χ4n) is 2.03. The average molecular weight is 271 g/mol. The van der Waals surface area contributed by atoms with E-state index in [1.165, 1.54) is 0 Å². The Hall–Kier alpha value is -2.49. The number of nitrogens with one attached hydrogen (secondary N) is 1. The van der Waals surface area contributed by atoms with Gasteiger partial charge in [-0.2, -0.15) is 0 Å². The van der Waals surface area contributed by atoms with Crippen LogP contribution in [0.2, 0.25) is 0 Å². The number of aromatic carboxylic acids is 1. The molecule has 0 radical (unpaired) electrons. The molecular weight excluding hydrogens is 254 g/mol. The van der Waals surface area contributed by atoms with Crippen molar-refractivity contribution in [3.05, 3.63) is 59.2 Å². The van der Waals surface area contributed by atoms with Crippen molar-refractivity contribution in [1.82, 2.24) is 0 Å². The molecule has 0 aliphatic heterocycles. The summed E-state index contributed by atoms with van der Waals surface area (Å²) < 4.78 is 5.27. The first-order valence-electron chi connectivity index (χ1n) is 6.31. The van der Waals surface area contributed by atoms with Crippen LogP contribution in [0.25, 0.3) is 0 Å². The SMILES string of the molecule is COc1ccccc1CNc1ccc(C)cc1C(=O)O. The van der Waals surface area contributed by atoms with E-state index < -0.39 is 5.97 Å². The summed E-state index contributed by atoms with van der Waals surface area (Å²) in [5, 5.41) is 12.4. The first-order chi connectivity index (χ1) is 9.61. The van der Waals surface area contributed by atoms with Gasteiger partial charge < -0.3 is 15.2 Å². The molecule has 2 aromatic rings. The molecule has 0 aliphatic rings. The van der Waals surface area contributed by atoms with Gasteiger partial charge in [-0.05, 0) is 25.1 Å². The highest BCUT2D eigenvalue weighted by atomic mass is 16.5. The molecule has 0 amide bonds. The fraction of sp³-hybridized carbons (Fsp3) is 0.188. The van der Waals surface area contributed by atoms with E-state index in [9.17, 15) is 9.90 Å². The highest BCUT2D eigenvalue weighted by Crippen LogP contribution is 2.22. The number of rotatable bonds is 5. The second-order valence-corrected chi connectivity index (χ2v) is 4.52. The minimum absolute atomic E-state index is 0.278. The van der Waals surface area contributed by atoms with Crippen molar-refractivity contribution >= 4 is 11.7 Å². The molecule has 0 atom stereocenters. The molecular formula is C16H17NO3. The summed E-state index contributed by atoms with van der Waals surface area (Å²) in [6.45, 7) is 2.38. The summed E-state index contributed by atoms with van der Waals surface area (Å²) >= 11 is 0. The number of carboxylic acids is 1. The Balaban J connectivity index is 2.21. The zero-order chi connectivity index (χ0) is 14.5. The van der Waals surface area contributed by atoms with E-state index in [-0.39, 0.29) is 5.56 Å². The number of hydrogen-bond donors (Lipinski definition) is 2. The van der Waals surface area contributed by atoms with Gasteiger partial charge in [0, 0.05) is 17.8 Å². The van der Waals surface area contributed by atoms with Crippen LogP contribution in [0.3, 0.4) is 0 Å². The second-order valence-electron chi connectivity index (χ2n) is 4.52. The van der Waals surface area contributed by atoms with Gasteiger partial charge in [-0.3, -0.25) is 0 Å². The number of methoxy groups -OCH3 is 1. The van der Waals surface area contributed by atoms with Crippen LogP contribution in [0.1, 0.15) is 21.5 Å². The molecule has 0 unspecified atom stereocenters. The van der Waals surface area contributed by atoms with Crippen molar-refractivity contribution in [3.8, 4) is 5.75 Å². The third kappa shape index (κ3) is 3.09. The zero-order valence-corrected chi connectivity index (χ0v) is 11.5. The Labute approximate surface area is 118 Å². The summed E-state index contributed by atoms with van der Waals surface area (Å²) in [5.74, 6) is -0.153. The lowest BCUT2D eigenvalue weighted by Gasteiger charge is -2.12. The Bertz CT molecular complexity index is 623. The number of aryl methyl sites for hydroxylation is 1. The molecule has 2 rings (SSSR count). The first kappa shape index (κ1) is 13.9. The van der Waals surface area contributed by atoms with E-state index >= 15 is 0 Å². The molecule has 0 fully saturated rings. The molecule has 0 aromatic heterocycles. The summed E-state index contributed by atoms with van der Waals surface area (Å²) in [6, 6.07) is 13.0. The normalized spacial score (nSPS) is 10.1. The van der Waals surface area contributed by atoms with Gasteiger partial charge in [-0.1, -0.05) is 29.8 Å². The largest absolute Gasteiger partial charge is 0.496 e. The number of para-hydroxylation sites is 1. The Kier molecular flexibility index (Phi) is 4.25. The van der Waals surface area contributed by atoms with Crippen molar-refractivity contribution in [3.63, 3.8) is 0 Å². The molecule has 104 valence electrons. The third-order valence-corrected chi connectivity index (χ3v) is 3.07. The zero-order valence-electron chi connectivity index (χ0n) is 11.5. The van der Waals surface area contributed by atoms with E-state index in [1.54, 1.807) is 19.2 Å². The van der Waals surface area contributed by atoms with E-state index in [4.69, 9.17) is 4.74 Å². The van der Waals surface area contributed by atoms with Gasteiger partial charge >= 0.3 is 5.97 Å². The number of ether oxygens (including phenoxy) is 1. The molecule has 4 heteroatoms. The van der Waals surface area contributed by atoms with Crippen molar-refractivity contribution in [2.45, 2.75) is 13.5 Å².